The van der Waals surface area contributed by atoms with E-state index >= 15 is 0 Å². The van der Waals surface area contributed by atoms with Gasteiger partial charge in [0.05, 0.1) is 12.8 Å². The topological polar surface area (TPSA) is 182 Å². The van der Waals surface area contributed by atoms with E-state index in [0.29, 0.717) is 56.0 Å². The third kappa shape index (κ3) is 12.8. The molecule has 2 aliphatic heterocycles. The van der Waals surface area contributed by atoms with Gasteiger partial charge in [0.15, 0.2) is 5.82 Å². The summed E-state index contributed by atoms with van der Waals surface area (Å²) in [5.74, 6) is -2.94. The van der Waals surface area contributed by atoms with Gasteiger partial charge in [-0.15, -0.1) is 0 Å². The number of rotatable bonds is 3. The number of nitrogens with zero attached hydrogens (tertiary/aromatic N) is 5. The van der Waals surface area contributed by atoms with Gasteiger partial charge in [-0.2, -0.15) is 31.3 Å². The van der Waals surface area contributed by atoms with E-state index < -0.39 is 24.3 Å². The number of anilines is 6. The quantitative estimate of drug-likeness (QED) is 0.110. The number of hydrogen-bond acceptors (Lipinski definition) is 10. The van der Waals surface area contributed by atoms with Crippen LogP contribution >= 0.6 is 11.6 Å². The number of ether oxygens (including phenoxy) is 1. The van der Waals surface area contributed by atoms with E-state index in [1.165, 1.54) is 0 Å². The minimum absolute atomic E-state index is 0.0824. The maximum Gasteiger partial charge on any atom is 0.490 e. The highest BCUT2D eigenvalue weighted by Gasteiger charge is 2.39. The van der Waals surface area contributed by atoms with Gasteiger partial charge in [-0.1, -0.05) is 41.9 Å². The smallest absolute Gasteiger partial charge is 0.490 e. The molecule has 4 heterocycles. The molecule has 6 bridgehead atoms. The summed E-state index contributed by atoms with van der Waals surface area (Å²) in [5.41, 5.74) is 5.56. The molecule has 0 aliphatic carbocycles. The fourth-order valence-corrected chi connectivity index (χ4v) is 5.55. The number of piperazine rings is 1. The number of pyridine rings is 1. The Morgan fingerprint density at radius 3 is 2.05 bits per heavy atom. The van der Waals surface area contributed by atoms with Crippen LogP contribution in [0.1, 0.15) is 5.56 Å². The number of urea groups is 1. The van der Waals surface area contributed by atoms with E-state index in [4.69, 9.17) is 41.1 Å². The summed E-state index contributed by atoms with van der Waals surface area (Å²) in [6, 6.07) is 27.6. The average molecular weight is 847 g/mol. The lowest BCUT2D eigenvalue weighted by Crippen LogP contribution is -2.50. The highest BCUT2D eigenvalue weighted by molar-refractivity contribution is 6.32. The van der Waals surface area contributed by atoms with Gasteiger partial charge in [-0.05, 0) is 59.7 Å². The average Bonchev–Trinajstić information content (AvgIpc) is 3.19. The molecule has 59 heavy (non-hydrogen) atoms. The Hall–Kier alpha value is -6.83. The first kappa shape index (κ1) is 43.3. The molecule has 5 N–H and O–H groups in total. The number of alkyl halides is 6. The van der Waals surface area contributed by atoms with E-state index in [2.05, 4.69) is 55.1 Å². The molecule has 3 aromatic carbocycles. The van der Waals surface area contributed by atoms with Crippen molar-refractivity contribution in [3.63, 3.8) is 0 Å². The lowest BCUT2D eigenvalue weighted by molar-refractivity contribution is -0.193. The molecule has 1 saturated heterocycles. The van der Waals surface area contributed by atoms with Gasteiger partial charge < -0.3 is 40.7 Å². The maximum atomic E-state index is 12.7. The van der Waals surface area contributed by atoms with Crippen LogP contribution in [0.5, 0.6) is 5.75 Å². The van der Waals surface area contributed by atoms with Crippen LogP contribution in [0.2, 0.25) is 5.02 Å². The summed E-state index contributed by atoms with van der Waals surface area (Å²) in [4.78, 5) is 48.4. The highest BCUT2D eigenvalue weighted by Crippen LogP contribution is 2.31. The molecule has 0 unspecified atom stereocenters. The van der Waals surface area contributed by atoms with Gasteiger partial charge in [-0.25, -0.2) is 24.4 Å². The van der Waals surface area contributed by atoms with Gasteiger partial charge >= 0.3 is 30.3 Å². The number of nitrogens with one attached hydrogen (secondary N) is 3. The summed E-state index contributed by atoms with van der Waals surface area (Å²) in [7, 11) is 0. The minimum Gasteiger partial charge on any atom is -0.493 e. The normalized spacial score (nSPS) is 13.6. The molecule has 2 aromatic heterocycles. The van der Waals surface area contributed by atoms with E-state index in [1.54, 1.807) is 6.20 Å². The summed E-state index contributed by atoms with van der Waals surface area (Å²) < 4.78 is 69.6. The van der Waals surface area contributed by atoms with Crippen LogP contribution in [0, 0.1) is 0 Å². The Kier molecular flexibility index (Phi) is 14.0. The van der Waals surface area contributed by atoms with Crippen LogP contribution in [0.3, 0.4) is 0 Å². The molecule has 0 saturated carbocycles. The van der Waals surface area contributed by atoms with Crippen molar-refractivity contribution in [1.29, 1.82) is 0 Å². The zero-order chi connectivity index (χ0) is 42.7. The van der Waals surface area contributed by atoms with Gasteiger partial charge in [0.1, 0.15) is 16.6 Å². The van der Waals surface area contributed by atoms with Crippen molar-refractivity contribution in [1.82, 2.24) is 19.9 Å². The number of aliphatic carboxylic acids is 2. The first-order chi connectivity index (χ1) is 27.9. The number of para-hydroxylation sites is 1. The van der Waals surface area contributed by atoms with E-state index in [1.807, 2.05) is 71.8 Å². The SMILES string of the molecule is O=C(Nc1ccccc1)N1CCN(c2ccc(-c3cc4cc(c3)Nc3ncc(Cl)c(n3)Nc3cccc(c3)OCC4)cn2)CC1.O=C(O)C(F)(F)F.O=C(O)C(F)(F)F. The summed E-state index contributed by atoms with van der Waals surface area (Å²) in [6.07, 6.45) is -5.98. The first-order valence-corrected chi connectivity index (χ1v) is 17.7. The van der Waals surface area contributed by atoms with Crippen LogP contribution < -0.4 is 25.6 Å². The van der Waals surface area contributed by atoms with Crippen molar-refractivity contribution in [3.05, 3.63) is 108 Å². The molecule has 2 amide bonds. The predicted octanol–water partition coefficient (Wildman–Crippen LogP) is 8.23. The Morgan fingerprint density at radius 1 is 0.746 bits per heavy atom. The van der Waals surface area contributed by atoms with Crippen LogP contribution in [-0.4, -0.2) is 93.2 Å². The second kappa shape index (κ2) is 19.1. The molecule has 1 fully saturated rings. The van der Waals surface area contributed by atoms with E-state index in [0.717, 1.165) is 45.3 Å². The van der Waals surface area contributed by atoms with Gasteiger partial charge in [-0.3, -0.25) is 0 Å². The lowest BCUT2D eigenvalue weighted by atomic mass is 10.0. The molecule has 0 spiro atoms. The predicted molar refractivity (Wildman–Crippen MR) is 206 cm³/mol. The van der Waals surface area contributed by atoms with Gasteiger partial charge in [0.2, 0.25) is 5.95 Å². The third-order valence-electron chi connectivity index (χ3n) is 8.23. The summed E-state index contributed by atoms with van der Waals surface area (Å²) in [6.45, 7) is 3.17. The number of benzene rings is 3. The van der Waals surface area contributed by atoms with Crippen LogP contribution in [0.4, 0.5) is 65.8 Å². The van der Waals surface area contributed by atoms with Crippen LogP contribution in [0.15, 0.2) is 97.3 Å². The highest BCUT2D eigenvalue weighted by atomic mass is 35.5. The second-order valence-corrected chi connectivity index (χ2v) is 12.9. The first-order valence-electron chi connectivity index (χ1n) is 17.3. The van der Waals surface area contributed by atoms with Crippen molar-refractivity contribution in [2.24, 2.45) is 0 Å². The maximum absolute atomic E-state index is 12.7. The number of amides is 2. The largest absolute Gasteiger partial charge is 0.493 e. The van der Waals surface area contributed by atoms with Crippen molar-refractivity contribution in [2.45, 2.75) is 18.8 Å². The molecule has 21 heteroatoms. The Bertz CT molecular complexity index is 2220. The van der Waals surface area contributed by atoms with Crippen molar-refractivity contribution in [2.75, 3.05) is 53.6 Å². The number of carboxylic acids is 2. The molecule has 5 aromatic rings. The van der Waals surface area contributed by atoms with Crippen molar-refractivity contribution < 1.29 is 55.7 Å². The fourth-order valence-electron chi connectivity index (χ4n) is 5.41. The number of fused-ring (bicyclic) bond motifs is 6. The van der Waals surface area contributed by atoms with Crippen molar-refractivity contribution in [3.8, 4) is 16.9 Å². The standard InChI is InChI=1S/C34H31ClN8O2.2C2HF3O2/c35-30-22-37-33-39-28-18-23(11-16-45-29-8-4-7-27(20-29)38-32(30)41-33)17-25(19-28)24-9-10-31(36-21-24)42-12-14-43(15-13-42)34(44)40-26-5-2-1-3-6-26;2*3-2(4,5)1(6)7/h1-10,17-22H,11-16H2,(H,40,44)(H2,37,38,39,41);2*(H,6,7). The molecule has 2 aliphatic rings. The number of hydrogen-bond donors (Lipinski definition) is 5. The van der Waals surface area contributed by atoms with Crippen LogP contribution in [-0.2, 0) is 16.0 Å². The zero-order valence-corrected chi connectivity index (χ0v) is 31.1. The third-order valence-corrected chi connectivity index (χ3v) is 8.51. The fraction of sp³-hybridized carbons (Fsp3) is 0.211. The number of carbonyl (C=O) groups excluding carboxylic acids is 1. The molecule has 0 atom stereocenters. The number of carboxylic acid groups (broad SMARTS) is 2. The molecule has 0 radical (unpaired) electrons. The molecular weight excluding hydrogens is 814 g/mol. The Morgan fingerprint density at radius 2 is 1.42 bits per heavy atom. The van der Waals surface area contributed by atoms with Gasteiger partial charge in [0, 0.05) is 67.5 Å². The summed E-state index contributed by atoms with van der Waals surface area (Å²) in [5, 5.41) is 24.2. The van der Waals surface area contributed by atoms with Crippen molar-refractivity contribution >= 4 is 64.2 Å². The zero-order valence-electron chi connectivity index (χ0n) is 30.4. The monoisotopic (exact) mass is 846 g/mol. The molecule has 7 rings (SSSR count). The van der Waals surface area contributed by atoms with E-state index in [-0.39, 0.29) is 6.03 Å². The minimum atomic E-state index is -5.08. The lowest BCUT2D eigenvalue weighted by Gasteiger charge is -2.35. The Labute approximate surface area is 336 Å². The molecule has 14 nitrogen and oxygen atoms in total. The number of halogens is 7. The number of aromatic nitrogens is 3. The number of carbonyl (C=O) groups is 3. The molecular formula is C38H33ClF6N8O6. The second-order valence-electron chi connectivity index (χ2n) is 12.5. The molecule has 310 valence electrons. The Balaban J connectivity index is 0.000000407. The van der Waals surface area contributed by atoms with Crippen LogP contribution in [0.25, 0.3) is 11.1 Å². The van der Waals surface area contributed by atoms with Gasteiger partial charge in [0.25, 0.3) is 0 Å². The van der Waals surface area contributed by atoms with E-state index in [9.17, 15) is 31.1 Å². The summed E-state index contributed by atoms with van der Waals surface area (Å²) >= 11 is 6.41.